The molecule has 1 heterocycles. The normalized spacial score (nSPS) is 12.6. The monoisotopic (exact) mass is 379 g/mol. The molecule has 2 rings (SSSR count). The van der Waals surface area contributed by atoms with Gasteiger partial charge in [-0.15, -0.1) is 23.7 Å². The third kappa shape index (κ3) is 4.93. The zero-order valence-corrected chi connectivity index (χ0v) is 14.6. The molecule has 4 nitrogen and oxygen atoms in total. The molecule has 0 spiro atoms. The van der Waals surface area contributed by atoms with Gasteiger partial charge in [-0.25, -0.2) is 4.98 Å². The van der Waals surface area contributed by atoms with E-state index in [-0.39, 0.29) is 24.2 Å². The molecule has 1 aromatic heterocycles. The molecule has 0 saturated heterocycles. The Hall–Kier alpha value is -1.64. The molecule has 24 heavy (non-hydrogen) atoms. The number of carbonyl (C=O) groups is 1. The fraction of sp³-hybridized carbons (Fsp3) is 0.333. The van der Waals surface area contributed by atoms with Gasteiger partial charge in [-0.1, -0.05) is 26.0 Å². The lowest BCUT2D eigenvalue weighted by Gasteiger charge is -2.13. The standard InChI is InChI=1S/C15H16F3N3OS.ClH/c1-8(2)12(19)13(22)21-14-20-11(7-23-14)9-4-3-5-10(6-9)15(16,17)18;/h3-8,12H,19H2,1-2H3,(H,20,21,22);1H/t12-;/m0./s1. The largest absolute Gasteiger partial charge is 0.416 e. The van der Waals surface area contributed by atoms with Crippen LogP contribution < -0.4 is 11.1 Å². The van der Waals surface area contributed by atoms with E-state index in [1.807, 2.05) is 13.8 Å². The molecule has 1 atom stereocenters. The van der Waals surface area contributed by atoms with Crippen LogP contribution in [-0.2, 0) is 11.0 Å². The lowest BCUT2D eigenvalue weighted by molar-refractivity contribution is -0.137. The number of nitrogens with two attached hydrogens (primary N) is 1. The van der Waals surface area contributed by atoms with Crippen LogP contribution in [0.3, 0.4) is 0 Å². The van der Waals surface area contributed by atoms with Crippen LogP contribution in [0.25, 0.3) is 11.3 Å². The van der Waals surface area contributed by atoms with Gasteiger partial charge in [0.15, 0.2) is 5.13 Å². The molecule has 0 aliphatic heterocycles. The van der Waals surface area contributed by atoms with Crippen molar-refractivity contribution in [3.8, 4) is 11.3 Å². The number of hydrogen-bond acceptors (Lipinski definition) is 4. The highest BCUT2D eigenvalue weighted by Gasteiger charge is 2.30. The summed E-state index contributed by atoms with van der Waals surface area (Å²) in [5.74, 6) is -0.400. The van der Waals surface area contributed by atoms with Crippen LogP contribution in [0.5, 0.6) is 0 Å². The van der Waals surface area contributed by atoms with E-state index >= 15 is 0 Å². The molecule has 0 saturated carbocycles. The Labute approximate surface area is 147 Å². The minimum Gasteiger partial charge on any atom is -0.320 e. The number of alkyl halides is 3. The van der Waals surface area contributed by atoms with Crippen LogP contribution in [0.15, 0.2) is 29.6 Å². The predicted molar refractivity (Wildman–Crippen MR) is 91.2 cm³/mol. The molecule has 0 bridgehead atoms. The molecule has 1 amide bonds. The summed E-state index contributed by atoms with van der Waals surface area (Å²) in [4.78, 5) is 16.0. The van der Waals surface area contributed by atoms with Crippen LogP contribution in [0, 0.1) is 5.92 Å². The third-order valence-electron chi connectivity index (χ3n) is 3.24. The van der Waals surface area contributed by atoms with Crippen LogP contribution >= 0.6 is 23.7 Å². The van der Waals surface area contributed by atoms with Gasteiger partial charge in [-0.3, -0.25) is 4.79 Å². The van der Waals surface area contributed by atoms with E-state index in [4.69, 9.17) is 5.73 Å². The number of benzene rings is 1. The predicted octanol–water partition coefficient (Wildman–Crippen LogP) is 4.17. The first kappa shape index (κ1) is 20.4. The van der Waals surface area contributed by atoms with Gasteiger partial charge in [0.05, 0.1) is 17.3 Å². The van der Waals surface area contributed by atoms with Gasteiger partial charge in [0.2, 0.25) is 5.91 Å². The molecule has 0 aliphatic carbocycles. The molecule has 1 aromatic carbocycles. The molecule has 9 heteroatoms. The Morgan fingerprint density at radius 3 is 2.58 bits per heavy atom. The minimum absolute atomic E-state index is 0. The number of hydrogen-bond donors (Lipinski definition) is 2. The van der Waals surface area contributed by atoms with E-state index in [0.717, 1.165) is 23.5 Å². The topological polar surface area (TPSA) is 68.0 Å². The van der Waals surface area contributed by atoms with Crippen LogP contribution in [0.4, 0.5) is 18.3 Å². The van der Waals surface area contributed by atoms with Gasteiger partial charge in [0.1, 0.15) is 0 Å². The van der Waals surface area contributed by atoms with Crippen molar-refractivity contribution in [3.63, 3.8) is 0 Å². The number of carbonyl (C=O) groups excluding carboxylic acids is 1. The lowest BCUT2D eigenvalue weighted by atomic mass is 10.1. The molecule has 132 valence electrons. The first-order chi connectivity index (χ1) is 10.7. The Balaban J connectivity index is 0.00000288. The van der Waals surface area contributed by atoms with Gasteiger partial charge < -0.3 is 11.1 Å². The summed E-state index contributed by atoms with van der Waals surface area (Å²) in [7, 11) is 0. The van der Waals surface area contributed by atoms with Gasteiger partial charge in [0.25, 0.3) is 0 Å². The molecular formula is C15H17ClF3N3OS. The average Bonchev–Trinajstić information content (AvgIpc) is 2.94. The van der Waals surface area contributed by atoms with Crippen molar-refractivity contribution in [1.29, 1.82) is 0 Å². The first-order valence-electron chi connectivity index (χ1n) is 6.88. The summed E-state index contributed by atoms with van der Waals surface area (Å²) in [5, 5.41) is 4.47. The number of anilines is 1. The Morgan fingerprint density at radius 1 is 1.33 bits per heavy atom. The van der Waals surface area contributed by atoms with Gasteiger partial charge in [-0.05, 0) is 18.1 Å². The van der Waals surface area contributed by atoms with Crippen LogP contribution in [-0.4, -0.2) is 16.9 Å². The highest BCUT2D eigenvalue weighted by Crippen LogP contribution is 2.33. The fourth-order valence-corrected chi connectivity index (χ4v) is 2.53. The fourth-order valence-electron chi connectivity index (χ4n) is 1.81. The van der Waals surface area contributed by atoms with Crippen molar-refractivity contribution < 1.29 is 18.0 Å². The van der Waals surface area contributed by atoms with E-state index in [1.54, 1.807) is 5.38 Å². The molecule has 0 fully saturated rings. The third-order valence-corrected chi connectivity index (χ3v) is 4.00. The quantitative estimate of drug-likeness (QED) is 0.837. The maximum absolute atomic E-state index is 12.7. The summed E-state index contributed by atoms with van der Waals surface area (Å²) >= 11 is 1.14. The second-order valence-electron chi connectivity index (χ2n) is 5.38. The maximum Gasteiger partial charge on any atom is 0.416 e. The lowest BCUT2D eigenvalue weighted by Crippen LogP contribution is -2.39. The van der Waals surface area contributed by atoms with E-state index in [2.05, 4.69) is 10.3 Å². The van der Waals surface area contributed by atoms with E-state index < -0.39 is 17.8 Å². The average molecular weight is 380 g/mol. The van der Waals surface area contributed by atoms with Gasteiger partial charge in [-0.2, -0.15) is 13.2 Å². The van der Waals surface area contributed by atoms with Crippen molar-refractivity contribution in [3.05, 3.63) is 35.2 Å². The summed E-state index contributed by atoms with van der Waals surface area (Å²) < 4.78 is 38.2. The van der Waals surface area contributed by atoms with Crippen molar-refractivity contribution in [2.75, 3.05) is 5.32 Å². The molecule has 3 N–H and O–H groups in total. The molecular weight excluding hydrogens is 363 g/mol. The van der Waals surface area contributed by atoms with Gasteiger partial charge in [0, 0.05) is 10.9 Å². The Bertz CT molecular complexity index is 703. The number of nitrogens with zero attached hydrogens (tertiary/aromatic N) is 1. The van der Waals surface area contributed by atoms with Crippen molar-refractivity contribution in [1.82, 2.24) is 4.98 Å². The zero-order chi connectivity index (χ0) is 17.2. The van der Waals surface area contributed by atoms with Crippen LogP contribution in [0.1, 0.15) is 19.4 Å². The molecule has 2 aromatic rings. The Morgan fingerprint density at radius 2 is 2.00 bits per heavy atom. The molecule has 0 aliphatic rings. The number of thiazole rings is 1. The van der Waals surface area contributed by atoms with Crippen molar-refractivity contribution >= 4 is 34.8 Å². The summed E-state index contributed by atoms with van der Waals surface area (Å²) in [6.45, 7) is 3.64. The highest BCUT2D eigenvalue weighted by atomic mass is 35.5. The molecule has 0 radical (unpaired) electrons. The number of rotatable bonds is 4. The molecule has 0 unspecified atom stereocenters. The zero-order valence-electron chi connectivity index (χ0n) is 12.9. The van der Waals surface area contributed by atoms with Crippen molar-refractivity contribution in [2.45, 2.75) is 26.1 Å². The summed E-state index contributed by atoms with van der Waals surface area (Å²) in [5.41, 5.74) is 5.70. The smallest absolute Gasteiger partial charge is 0.320 e. The van der Waals surface area contributed by atoms with Gasteiger partial charge >= 0.3 is 6.18 Å². The number of halogens is 4. The van der Waals surface area contributed by atoms with E-state index in [0.29, 0.717) is 16.4 Å². The second kappa shape index (κ2) is 7.96. The summed E-state index contributed by atoms with van der Waals surface area (Å²) in [6, 6.07) is 4.22. The highest BCUT2D eigenvalue weighted by molar-refractivity contribution is 7.14. The SMILES string of the molecule is CC(C)[C@H](N)C(=O)Nc1nc(-c2cccc(C(F)(F)F)c2)cs1.Cl. The van der Waals surface area contributed by atoms with Crippen LogP contribution in [0.2, 0.25) is 0 Å². The first-order valence-corrected chi connectivity index (χ1v) is 7.76. The number of aromatic nitrogens is 1. The van der Waals surface area contributed by atoms with Crippen molar-refractivity contribution in [2.24, 2.45) is 11.7 Å². The number of amides is 1. The summed E-state index contributed by atoms with van der Waals surface area (Å²) in [6.07, 6.45) is -4.41. The van der Waals surface area contributed by atoms with E-state index in [9.17, 15) is 18.0 Å². The van der Waals surface area contributed by atoms with E-state index in [1.165, 1.54) is 12.1 Å². The maximum atomic E-state index is 12.7. The minimum atomic E-state index is -4.41. The number of nitrogens with one attached hydrogen (secondary N) is 1. The second-order valence-corrected chi connectivity index (χ2v) is 6.23. The Kier molecular flexibility index (Phi) is 6.76.